The normalized spacial score (nSPS) is 52.4. The van der Waals surface area contributed by atoms with Crippen molar-refractivity contribution in [1.82, 2.24) is 4.98 Å². The second-order valence-corrected chi connectivity index (χ2v) is 18.0. The smallest absolute Gasteiger partial charge is 0.115 e. The van der Waals surface area contributed by atoms with Gasteiger partial charge in [-0.1, -0.05) is 37.6 Å². The molecule has 242 valence electrons. The molecule has 3 saturated carbocycles. The fourth-order valence-electron chi connectivity index (χ4n) is 13.1. The lowest BCUT2D eigenvalue weighted by atomic mass is 9.40. The highest BCUT2D eigenvalue weighted by Gasteiger charge is 2.77. The summed E-state index contributed by atoms with van der Waals surface area (Å²) in [6.07, 6.45) is 2.56. The third-order valence-electron chi connectivity index (χ3n) is 15.5. The van der Waals surface area contributed by atoms with Crippen molar-refractivity contribution in [3.63, 3.8) is 0 Å². The third kappa shape index (κ3) is 2.78. The Labute approximate surface area is 269 Å². The number of halogens is 1. The molecule has 2 aromatic rings. The SMILES string of the molecule is C=C1Cc2c(Cl)cc3[nH]c4c5c3c2[C@]2(O)C(C[C@H]12)C(C)(C)O[C@H]5C1CC[C@@]2(O)C3C(CC[C@]2(C)[C@@]41C)OC1C(OC1(C)C)[C@H]3O. The van der Waals surface area contributed by atoms with Crippen molar-refractivity contribution in [2.24, 2.45) is 29.1 Å². The maximum absolute atomic E-state index is 13.1. The van der Waals surface area contributed by atoms with Gasteiger partial charge in [0.25, 0.3) is 0 Å². The first kappa shape index (κ1) is 28.6. The van der Waals surface area contributed by atoms with Gasteiger partial charge in [0.2, 0.25) is 0 Å². The molecule has 3 aliphatic heterocycles. The molecular formula is C37H46ClNO6. The van der Waals surface area contributed by atoms with E-state index >= 15 is 0 Å². The monoisotopic (exact) mass is 635 g/mol. The van der Waals surface area contributed by atoms with E-state index in [1.54, 1.807) is 0 Å². The Kier molecular flexibility index (Phi) is 5.00. The molecule has 4 heterocycles. The Bertz CT molecular complexity index is 1750. The molecule has 45 heavy (non-hydrogen) atoms. The zero-order chi connectivity index (χ0) is 31.6. The molecule has 13 atom stereocenters. The van der Waals surface area contributed by atoms with E-state index < -0.39 is 51.4 Å². The average Bonchev–Trinajstić information content (AvgIpc) is 3.41. The van der Waals surface area contributed by atoms with Crippen LogP contribution in [0.25, 0.3) is 10.9 Å². The molecule has 1 aromatic carbocycles. The molecule has 2 saturated heterocycles. The number of H-pyrrole nitrogens is 1. The van der Waals surface area contributed by atoms with Crippen LogP contribution in [0.1, 0.15) is 102 Å². The Balaban J connectivity index is 1.20. The van der Waals surface area contributed by atoms with Crippen LogP contribution < -0.4 is 0 Å². The summed E-state index contributed by atoms with van der Waals surface area (Å²) in [5, 5.41) is 39.6. The van der Waals surface area contributed by atoms with Crippen molar-refractivity contribution < 1.29 is 29.5 Å². The van der Waals surface area contributed by atoms with Gasteiger partial charge in [-0.2, -0.15) is 0 Å². The van der Waals surface area contributed by atoms with Crippen LogP contribution in [0, 0.1) is 29.1 Å². The van der Waals surface area contributed by atoms with E-state index in [1.807, 2.05) is 19.9 Å². The number of benzene rings is 1. The van der Waals surface area contributed by atoms with Crippen LogP contribution in [0.3, 0.4) is 0 Å². The van der Waals surface area contributed by atoms with Crippen LogP contribution in [-0.4, -0.2) is 61.5 Å². The van der Waals surface area contributed by atoms with Crippen molar-refractivity contribution in [3.05, 3.63) is 45.6 Å². The lowest BCUT2D eigenvalue weighted by molar-refractivity contribution is -0.392. The maximum atomic E-state index is 13.1. The lowest BCUT2D eigenvalue weighted by Gasteiger charge is -2.70. The molecule has 4 N–H and O–H groups in total. The van der Waals surface area contributed by atoms with Crippen molar-refractivity contribution in [1.29, 1.82) is 0 Å². The minimum Gasteiger partial charge on any atom is -0.390 e. The molecule has 6 unspecified atom stereocenters. The van der Waals surface area contributed by atoms with Gasteiger partial charge in [-0.15, -0.1) is 0 Å². The predicted octanol–water partition coefficient (Wildman–Crippen LogP) is 5.74. The van der Waals surface area contributed by atoms with Gasteiger partial charge in [0.15, 0.2) is 0 Å². The molecule has 0 amide bonds. The molecule has 0 radical (unpaired) electrons. The second kappa shape index (κ2) is 7.88. The molecule has 1 aromatic heterocycles. The summed E-state index contributed by atoms with van der Waals surface area (Å²) < 4.78 is 20.2. The highest BCUT2D eigenvalue weighted by Crippen LogP contribution is 2.75. The molecule has 5 fully saturated rings. The van der Waals surface area contributed by atoms with Crippen molar-refractivity contribution in [2.75, 3.05) is 0 Å². The van der Waals surface area contributed by atoms with Crippen LogP contribution >= 0.6 is 11.6 Å². The van der Waals surface area contributed by atoms with Gasteiger partial charge in [-0.05, 0) is 83.4 Å². The van der Waals surface area contributed by atoms with Gasteiger partial charge in [-0.3, -0.25) is 0 Å². The van der Waals surface area contributed by atoms with Gasteiger partial charge in [0, 0.05) is 61.7 Å². The van der Waals surface area contributed by atoms with Crippen LogP contribution in [0.15, 0.2) is 18.2 Å². The molecule has 8 aliphatic rings. The minimum absolute atomic E-state index is 0.0193. The zero-order valence-corrected chi connectivity index (χ0v) is 27.9. The second-order valence-electron chi connectivity index (χ2n) is 17.6. The average molecular weight is 636 g/mol. The van der Waals surface area contributed by atoms with E-state index in [0.29, 0.717) is 17.9 Å². The summed E-state index contributed by atoms with van der Waals surface area (Å²) in [5.74, 6) is -0.443. The number of aromatic nitrogens is 1. The van der Waals surface area contributed by atoms with Crippen molar-refractivity contribution in [3.8, 4) is 0 Å². The number of nitrogens with one attached hydrogen (secondary N) is 1. The third-order valence-corrected chi connectivity index (χ3v) is 15.8. The summed E-state index contributed by atoms with van der Waals surface area (Å²) >= 11 is 7.06. The number of hydrogen-bond acceptors (Lipinski definition) is 6. The topological polar surface area (TPSA) is 104 Å². The zero-order valence-electron chi connectivity index (χ0n) is 27.2. The fraction of sp³-hybridized carbons (Fsp3) is 0.730. The summed E-state index contributed by atoms with van der Waals surface area (Å²) in [6.45, 7) is 17.3. The number of hydrogen-bond donors (Lipinski definition) is 4. The quantitative estimate of drug-likeness (QED) is 0.275. The van der Waals surface area contributed by atoms with Crippen molar-refractivity contribution >= 4 is 22.5 Å². The summed E-state index contributed by atoms with van der Waals surface area (Å²) in [6, 6.07) is 2.03. The van der Waals surface area contributed by atoms with E-state index in [1.165, 1.54) is 0 Å². The van der Waals surface area contributed by atoms with E-state index in [4.69, 9.17) is 25.8 Å². The first-order chi connectivity index (χ1) is 21.0. The van der Waals surface area contributed by atoms with Gasteiger partial charge < -0.3 is 34.5 Å². The highest BCUT2D eigenvalue weighted by molar-refractivity contribution is 6.32. The van der Waals surface area contributed by atoms with E-state index in [-0.39, 0.29) is 36.1 Å². The molecule has 0 bridgehead atoms. The highest BCUT2D eigenvalue weighted by atomic mass is 35.5. The van der Waals surface area contributed by atoms with Gasteiger partial charge in [0.1, 0.15) is 17.8 Å². The van der Waals surface area contributed by atoms with Crippen LogP contribution in [-0.2, 0) is 31.6 Å². The Hall–Kier alpha value is -1.45. The number of rotatable bonds is 0. The Morgan fingerprint density at radius 3 is 2.51 bits per heavy atom. The Morgan fingerprint density at radius 2 is 1.78 bits per heavy atom. The maximum Gasteiger partial charge on any atom is 0.115 e. The lowest BCUT2D eigenvalue weighted by Crippen LogP contribution is -2.79. The summed E-state index contributed by atoms with van der Waals surface area (Å²) in [7, 11) is 0. The van der Waals surface area contributed by atoms with Gasteiger partial charge >= 0.3 is 0 Å². The number of aliphatic hydroxyl groups excluding tert-OH is 1. The fourth-order valence-corrected chi connectivity index (χ4v) is 13.4. The van der Waals surface area contributed by atoms with Gasteiger partial charge in [-0.25, -0.2) is 0 Å². The largest absolute Gasteiger partial charge is 0.390 e. The standard InChI is InChI=1S/C37H46ClNO6/c1-15-12-16-19(38)14-20-23-24-28(44-32(2,3)22-13-18(15)37(22,42)25(16)23)17-8-11-36(41)26-21(43-31-29(27(26)40)45-33(31,4)5)9-10-34(36,6)35(17,7)30(24)39-20/h14,17-18,21-22,26-29,31,39-42H,1,8-13H2,2-7H3/t17?,18-,21?,22?,26?,27+,28+,29?,31?,34-,35-,36-,37-/m1/s1. The first-order valence-electron chi connectivity index (χ1n) is 17.2. The molecular weight excluding hydrogens is 590 g/mol. The summed E-state index contributed by atoms with van der Waals surface area (Å²) in [5.41, 5.74) is 1.80. The number of ether oxygens (including phenoxy) is 3. The van der Waals surface area contributed by atoms with Crippen LogP contribution in [0.5, 0.6) is 0 Å². The Morgan fingerprint density at radius 1 is 1.02 bits per heavy atom. The minimum atomic E-state index is -1.18. The van der Waals surface area contributed by atoms with Crippen molar-refractivity contribution in [2.45, 2.75) is 138 Å². The van der Waals surface area contributed by atoms with Crippen LogP contribution in [0.2, 0.25) is 5.02 Å². The predicted molar refractivity (Wildman–Crippen MR) is 169 cm³/mol. The molecule has 0 spiro atoms. The van der Waals surface area contributed by atoms with E-state index in [9.17, 15) is 15.3 Å². The molecule has 7 nitrogen and oxygen atoms in total. The molecule has 10 rings (SSSR count). The molecule has 8 heteroatoms. The number of fused-ring (bicyclic) bond motifs is 8. The first-order valence-corrected chi connectivity index (χ1v) is 17.6. The van der Waals surface area contributed by atoms with Gasteiger partial charge in [0.05, 0.1) is 35.1 Å². The summed E-state index contributed by atoms with van der Waals surface area (Å²) in [4.78, 5) is 3.87. The van der Waals surface area contributed by atoms with E-state index in [2.05, 4.69) is 39.3 Å². The molecule has 5 aliphatic carbocycles. The number of aliphatic hydroxyl groups is 3. The van der Waals surface area contributed by atoms with Crippen LogP contribution in [0.4, 0.5) is 0 Å². The number of aromatic amines is 1. The van der Waals surface area contributed by atoms with E-state index in [0.717, 1.165) is 64.5 Å².